The second-order valence-electron chi connectivity index (χ2n) is 9.84. The second-order valence-corrected chi connectivity index (χ2v) is 9.84. The van der Waals surface area contributed by atoms with Gasteiger partial charge in [0.15, 0.2) is 0 Å². The van der Waals surface area contributed by atoms with Crippen molar-refractivity contribution in [2.24, 2.45) is 0 Å². The number of nitrogens with zero attached hydrogens (tertiary/aromatic N) is 1. The normalized spacial score (nSPS) is 15.0. The number of carboxylic acid groups (broad SMARTS) is 1. The molecule has 1 heterocycles. The van der Waals surface area contributed by atoms with Crippen LogP contribution in [-0.2, 0) is 24.3 Å². The Morgan fingerprint density at radius 3 is 2.00 bits per heavy atom. The first-order chi connectivity index (χ1) is 18.6. The lowest BCUT2D eigenvalue weighted by Crippen LogP contribution is -2.40. The molecule has 5 heteroatoms. The number of hydrogen-bond acceptors (Lipinski definition) is 4. The smallest absolute Gasteiger partial charge is 0.304 e. The van der Waals surface area contributed by atoms with E-state index in [1.54, 1.807) is 0 Å². The molecule has 1 aliphatic rings. The summed E-state index contributed by atoms with van der Waals surface area (Å²) in [6.07, 6.45) is 0.920. The summed E-state index contributed by atoms with van der Waals surface area (Å²) in [5, 5.41) is 9.20. The molecule has 0 radical (unpaired) electrons. The van der Waals surface area contributed by atoms with Crippen molar-refractivity contribution in [2.75, 3.05) is 13.2 Å². The van der Waals surface area contributed by atoms with Crippen LogP contribution in [0.2, 0.25) is 0 Å². The minimum absolute atomic E-state index is 0.0697. The number of carboxylic acids is 1. The lowest BCUT2D eigenvalue weighted by Gasteiger charge is -2.32. The van der Waals surface area contributed by atoms with Gasteiger partial charge >= 0.3 is 5.97 Å². The van der Waals surface area contributed by atoms with Crippen LogP contribution in [0.25, 0.3) is 0 Å². The Hall–Kier alpha value is -4.09. The monoisotopic (exact) mass is 507 g/mol. The SMILES string of the molecule is O=C(O)CC1COc2cc(OC[C@H](Cc3ccccc3)N(Cc3ccccc3)Cc3ccccc3)ccc21. The van der Waals surface area contributed by atoms with Crippen molar-refractivity contribution in [3.63, 3.8) is 0 Å². The van der Waals surface area contributed by atoms with Gasteiger partial charge in [-0.1, -0.05) is 97.1 Å². The van der Waals surface area contributed by atoms with Crippen LogP contribution in [0.3, 0.4) is 0 Å². The largest absolute Gasteiger partial charge is 0.492 e. The van der Waals surface area contributed by atoms with Gasteiger partial charge in [0, 0.05) is 36.7 Å². The number of ether oxygens (including phenoxy) is 2. The molecule has 194 valence electrons. The third-order valence-corrected chi connectivity index (χ3v) is 7.02. The van der Waals surface area contributed by atoms with Crippen molar-refractivity contribution in [3.05, 3.63) is 131 Å². The van der Waals surface area contributed by atoms with Crippen molar-refractivity contribution in [2.45, 2.75) is 37.9 Å². The number of fused-ring (bicyclic) bond motifs is 1. The van der Waals surface area contributed by atoms with E-state index >= 15 is 0 Å². The zero-order valence-electron chi connectivity index (χ0n) is 21.4. The Labute approximate surface area is 224 Å². The van der Waals surface area contributed by atoms with Crippen LogP contribution in [0, 0.1) is 0 Å². The molecule has 1 N–H and O–H groups in total. The standard InChI is InChI=1S/C33H33NO4/c35-33(36)19-28-23-38-32-20-30(16-17-31(28)32)37-24-29(18-25-10-4-1-5-11-25)34(21-26-12-6-2-7-13-26)22-27-14-8-3-9-15-27/h1-17,20,28-29H,18-19,21-24H2,(H,35,36)/t28?,29-/m0/s1. The number of hydrogen-bond donors (Lipinski definition) is 1. The molecule has 0 amide bonds. The zero-order chi connectivity index (χ0) is 26.2. The van der Waals surface area contributed by atoms with Crippen LogP contribution in [0.5, 0.6) is 11.5 Å². The third kappa shape index (κ3) is 6.81. The number of rotatable bonds is 12. The van der Waals surface area contributed by atoms with Gasteiger partial charge in [-0.25, -0.2) is 0 Å². The molecule has 0 spiro atoms. The molecule has 38 heavy (non-hydrogen) atoms. The first kappa shape index (κ1) is 25.6. The Bertz CT molecular complexity index is 1270. The van der Waals surface area contributed by atoms with Crippen molar-refractivity contribution in [1.82, 2.24) is 4.90 Å². The van der Waals surface area contributed by atoms with Crippen LogP contribution in [0.4, 0.5) is 0 Å². The molecule has 4 aromatic carbocycles. The van der Waals surface area contributed by atoms with Crippen molar-refractivity contribution in [3.8, 4) is 11.5 Å². The number of carbonyl (C=O) groups is 1. The minimum Gasteiger partial charge on any atom is -0.492 e. The molecule has 0 fully saturated rings. The molecule has 0 aromatic heterocycles. The highest BCUT2D eigenvalue weighted by molar-refractivity contribution is 5.68. The van der Waals surface area contributed by atoms with Gasteiger partial charge in [-0.3, -0.25) is 9.69 Å². The molecule has 4 aromatic rings. The van der Waals surface area contributed by atoms with E-state index in [0.717, 1.165) is 36.6 Å². The summed E-state index contributed by atoms with van der Waals surface area (Å²) in [6, 6.07) is 37.6. The van der Waals surface area contributed by atoms with E-state index in [4.69, 9.17) is 9.47 Å². The van der Waals surface area contributed by atoms with Gasteiger partial charge in [0.2, 0.25) is 0 Å². The highest BCUT2D eigenvalue weighted by Crippen LogP contribution is 2.38. The minimum atomic E-state index is -0.813. The van der Waals surface area contributed by atoms with Crippen LogP contribution in [-0.4, -0.2) is 35.2 Å². The van der Waals surface area contributed by atoms with E-state index in [1.165, 1.54) is 16.7 Å². The lowest BCUT2D eigenvalue weighted by molar-refractivity contribution is -0.137. The summed E-state index contributed by atoms with van der Waals surface area (Å²) in [7, 11) is 0. The van der Waals surface area contributed by atoms with Gasteiger partial charge in [-0.15, -0.1) is 0 Å². The average molecular weight is 508 g/mol. The maximum atomic E-state index is 11.2. The Kier molecular flexibility index (Phi) is 8.36. The van der Waals surface area contributed by atoms with E-state index < -0.39 is 5.97 Å². The maximum absolute atomic E-state index is 11.2. The average Bonchev–Trinajstić information content (AvgIpc) is 3.33. The van der Waals surface area contributed by atoms with Gasteiger partial charge < -0.3 is 14.6 Å². The van der Waals surface area contributed by atoms with Crippen LogP contribution < -0.4 is 9.47 Å². The first-order valence-electron chi connectivity index (χ1n) is 13.1. The van der Waals surface area contributed by atoms with Crippen molar-refractivity contribution >= 4 is 5.97 Å². The summed E-state index contributed by atoms with van der Waals surface area (Å²) >= 11 is 0. The van der Waals surface area contributed by atoms with E-state index in [1.807, 2.05) is 36.4 Å². The highest BCUT2D eigenvalue weighted by Gasteiger charge is 2.27. The predicted octanol–water partition coefficient (Wildman–Crippen LogP) is 6.33. The van der Waals surface area contributed by atoms with Crippen LogP contribution in [0.1, 0.15) is 34.6 Å². The maximum Gasteiger partial charge on any atom is 0.304 e. The summed E-state index contributed by atoms with van der Waals surface area (Å²) < 4.78 is 12.2. The van der Waals surface area contributed by atoms with E-state index in [-0.39, 0.29) is 18.4 Å². The van der Waals surface area contributed by atoms with Crippen LogP contribution >= 0.6 is 0 Å². The van der Waals surface area contributed by atoms with Gasteiger partial charge in [0.05, 0.1) is 13.0 Å². The second kappa shape index (κ2) is 12.4. The molecular weight excluding hydrogens is 474 g/mol. The quantitative estimate of drug-likeness (QED) is 0.243. The summed E-state index contributed by atoms with van der Waals surface area (Å²) in [6.45, 7) is 2.51. The van der Waals surface area contributed by atoms with Gasteiger partial charge in [0.25, 0.3) is 0 Å². The first-order valence-corrected chi connectivity index (χ1v) is 13.1. The summed E-state index contributed by atoms with van der Waals surface area (Å²) in [5.41, 5.74) is 4.73. The highest BCUT2D eigenvalue weighted by atomic mass is 16.5. The molecule has 0 bridgehead atoms. The van der Waals surface area contributed by atoms with Crippen molar-refractivity contribution < 1.29 is 19.4 Å². The molecule has 5 nitrogen and oxygen atoms in total. The molecule has 2 atom stereocenters. The Morgan fingerprint density at radius 2 is 1.42 bits per heavy atom. The number of benzene rings is 4. The fraction of sp³-hybridized carbons (Fsp3) is 0.242. The predicted molar refractivity (Wildman–Crippen MR) is 148 cm³/mol. The Morgan fingerprint density at radius 1 is 0.842 bits per heavy atom. The lowest BCUT2D eigenvalue weighted by atomic mass is 9.98. The van der Waals surface area contributed by atoms with E-state index in [2.05, 4.69) is 77.7 Å². The van der Waals surface area contributed by atoms with Crippen LogP contribution in [0.15, 0.2) is 109 Å². The van der Waals surface area contributed by atoms with Crippen molar-refractivity contribution in [1.29, 1.82) is 0 Å². The fourth-order valence-electron chi connectivity index (χ4n) is 5.05. The van der Waals surface area contributed by atoms with Gasteiger partial charge in [0.1, 0.15) is 18.1 Å². The summed E-state index contributed by atoms with van der Waals surface area (Å²) in [4.78, 5) is 13.7. The third-order valence-electron chi connectivity index (χ3n) is 7.02. The fourth-order valence-corrected chi connectivity index (χ4v) is 5.05. The molecular formula is C33H33NO4. The topological polar surface area (TPSA) is 59.0 Å². The van der Waals surface area contributed by atoms with E-state index in [0.29, 0.717) is 13.2 Å². The molecule has 5 rings (SSSR count). The van der Waals surface area contributed by atoms with E-state index in [9.17, 15) is 9.90 Å². The van der Waals surface area contributed by atoms with Gasteiger partial charge in [-0.05, 0) is 29.2 Å². The molecule has 1 unspecified atom stereocenters. The summed E-state index contributed by atoms with van der Waals surface area (Å²) in [5.74, 6) is 0.526. The molecule has 0 saturated carbocycles. The molecule has 0 aliphatic carbocycles. The molecule has 1 aliphatic heterocycles. The molecule has 0 saturated heterocycles. The van der Waals surface area contributed by atoms with Gasteiger partial charge in [-0.2, -0.15) is 0 Å². The zero-order valence-corrected chi connectivity index (χ0v) is 21.4. The Balaban J connectivity index is 1.38. The number of aliphatic carboxylic acids is 1.